The van der Waals surface area contributed by atoms with Crippen molar-refractivity contribution in [3.63, 3.8) is 0 Å². The lowest BCUT2D eigenvalue weighted by molar-refractivity contribution is -0.537. The topological polar surface area (TPSA) is 117 Å². The van der Waals surface area contributed by atoms with Gasteiger partial charge in [-0.05, 0) is 43.9 Å². The number of aliphatic imine (C=N–C) groups is 1. The van der Waals surface area contributed by atoms with Crippen molar-refractivity contribution in [1.82, 2.24) is 0 Å². The molecule has 1 aromatic rings. The van der Waals surface area contributed by atoms with Crippen LogP contribution in [0.5, 0.6) is 5.75 Å². The van der Waals surface area contributed by atoms with Gasteiger partial charge in [-0.15, -0.1) is 0 Å². The smallest absolute Gasteiger partial charge is 0.270 e. The Morgan fingerprint density at radius 3 is 2.89 bits per heavy atom. The first kappa shape index (κ1) is 17.7. The Kier molecular flexibility index (Phi) is 3.70. The highest BCUT2D eigenvalue weighted by Crippen LogP contribution is 2.50. The van der Waals surface area contributed by atoms with Crippen LogP contribution in [0.25, 0.3) is 11.1 Å². The maximum Gasteiger partial charge on any atom is 0.270 e. The number of anilines is 1. The van der Waals surface area contributed by atoms with Gasteiger partial charge in [0, 0.05) is 47.5 Å². The Balaban J connectivity index is 2.00. The van der Waals surface area contributed by atoms with E-state index in [1.807, 2.05) is 0 Å². The minimum atomic E-state index is -1.63. The van der Waals surface area contributed by atoms with Gasteiger partial charge in [0.1, 0.15) is 5.69 Å². The van der Waals surface area contributed by atoms with E-state index in [2.05, 4.69) is 47.2 Å². The van der Waals surface area contributed by atoms with Gasteiger partial charge in [-0.1, -0.05) is 0 Å². The van der Waals surface area contributed by atoms with Crippen LogP contribution in [0.15, 0.2) is 25.0 Å². The zero-order chi connectivity index (χ0) is 19.8. The highest BCUT2D eigenvalue weighted by molar-refractivity contribution is 9.13. The van der Waals surface area contributed by atoms with E-state index in [1.54, 1.807) is 6.21 Å². The number of carbonyl (C=O) groups is 1. The first-order chi connectivity index (χ1) is 13.4. The number of allylic oxidation sites excluding steroid dienone is 2. The summed E-state index contributed by atoms with van der Waals surface area (Å²) in [7, 11) is 0. The van der Waals surface area contributed by atoms with Crippen LogP contribution < -0.4 is 15.9 Å². The predicted octanol–water partition coefficient (Wildman–Crippen LogP) is 2.08. The summed E-state index contributed by atoms with van der Waals surface area (Å²) in [6.45, 7) is 0.740. The number of nitrogens with zero attached hydrogens (tertiary/aromatic N) is 3. The third kappa shape index (κ3) is 2.07. The molecule has 1 atom stereocenters. The number of benzene rings is 1. The molecule has 3 heterocycles. The fraction of sp³-hybridized carbons (Fsp3) is 0.278. The molecule has 0 aromatic heterocycles. The second kappa shape index (κ2) is 5.84. The molecule has 0 radical (unpaired) electrons. The summed E-state index contributed by atoms with van der Waals surface area (Å²) in [6, 6.07) is 0. The standard InChI is InChI=1S/C18H12Br2N4O4/c19-8-5-18(24(27)28)2-4-22-15-10(11(18)12(20)16(8)25)13-9-7(1-3-21-13)6-23-14(9)17(15)26/h5-6,22,26H,1-4H2. The van der Waals surface area contributed by atoms with Gasteiger partial charge in [-0.2, -0.15) is 0 Å². The second-order valence-corrected chi connectivity index (χ2v) is 8.60. The van der Waals surface area contributed by atoms with Crippen molar-refractivity contribution in [1.29, 1.82) is 0 Å². The molecule has 28 heavy (non-hydrogen) atoms. The highest BCUT2D eigenvalue weighted by Gasteiger charge is 2.53. The van der Waals surface area contributed by atoms with E-state index < -0.39 is 5.54 Å². The zero-order valence-corrected chi connectivity index (χ0v) is 17.4. The fourth-order valence-electron chi connectivity index (χ4n) is 4.29. The van der Waals surface area contributed by atoms with Gasteiger partial charge in [-0.3, -0.25) is 24.9 Å². The molecular weight excluding hydrogens is 496 g/mol. The van der Waals surface area contributed by atoms with Gasteiger partial charge in [0.15, 0.2) is 5.75 Å². The van der Waals surface area contributed by atoms with Crippen molar-refractivity contribution in [2.24, 2.45) is 9.98 Å². The van der Waals surface area contributed by atoms with E-state index >= 15 is 0 Å². The van der Waals surface area contributed by atoms with E-state index in [-0.39, 0.29) is 44.0 Å². The number of aromatic hydroxyl groups is 1. The lowest BCUT2D eigenvalue weighted by Crippen LogP contribution is -2.44. The monoisotopic (exact) mass is 506 g/mol. The van der Waals surface area contributed by atoms with Crippen molar-refractivity contribution < 1.29 is 14.8 Å². The molecule has 0 fully saturated rings. The average Bonchev–Trinajstić information content (AvgIpc) is 3.02. The minimum Gasteiger partial charge on any atom is -0.504 e. The van der Waals surface area contributed by atoms with Crippen LogP contribution in [-0.4, -0.2) is 40.7 Å². The molecule has 0 saturated carbocycles. The molecule has 0 bridgehead atoms. The first-order valence-corrected chi connectivity index (χ1v) is 10.2. The van der Waals surface area contributed by atoms with Gasteiger partial charge < -0.3 is 10.4 Å². The predicted molar refractivity (Wildman–Crippen MR) is 111 cm³/mol. The number of halogens is 2. The average molecular weight is 508 g/mol. The fourth-order valence-corrected chi connectivity index (χ4v) is 5.89. The summed E-state index contributed by atoms with van der Waals surface area (Å²) in [4.78, 5) is 33.5. The molecule has 0 saturated heterocycles. The number of rotatable bonds is 1. The third-order valence-electron chi connectivity index (χ3n) is 5.56. The van der Waals surface area contributed by atoms with Crippen LogP contribution in [0.1, 0.15) is 18.4 Å². The first-order valence-electron chi connectivity index (χ1n) is 8.59. The van der Waals surface area contributed by atoms with Crippen molar-refractivity contribution in [2.45, 2.75) is 18.4 Å². The number of phenolic OH excluding ortho intramolecular Hbond substituents is 1. The van der Waals surface area contributed by atoms with Crippen molar-refractivity contribution in [3.8, 4) is 5.75 Å². The Morgan fingerprint density at radius 1 is 1.36 bits per heavy atom. The summed E-state index contributed by atoms with van der Waals surface area (Å²) in [5.74, 6) is -0.464. The van der Waals surface area contributed by atoms with Crippen molar-refractivity contribution in [2.75, 3.05) is 18.4 Å². The Morgan fingerprint density at radius 2 is 2.14 bits per heavy atom. The Hall–Kier alpha value is -2.33. The number of nitrogens with one attached hydrogen (secondary N) is 1. The summed E-state index contributed by atoms with van der Waals surface area (Å²) >= 11 is 6.48. The van der Waals surface area contributed by atoms with Crippen LogP contribution in [-0.2, 0) is 4.79 Å². The van der Waals surface area contributed by atoms with Crippen LogP contribution in [0.4, 0.5) is 11.4 Å². The summed E-state index contributed by atoms with van der Waals surface area (Å²) in [5.41, 5.74) is 0.662. The van der Waals surface area contributed by atoms with E-state index in [0.717, 1.165) is 5.57 Å². The number of carbonyl (C=O) groups excluding carboxylic acids is 1. The van der Waals surface area contributed by atoms with E-state index in [9.17, 15) is 20.0 Å². The third-order valence-corrected chi connectivity index (χ3v) is 6.91. The lowest BCUT2D eigenvalue weighted by Gasteiger charge is -2.28. The second-order valence-electron chi connectivity index (χ2n) is 6.95. The largest absolute Gasteiger partial charge is 0.504 e. The number of nitro groups is 1. The van der Waals surface area contributed by atoms with Crippen molar-refractivity contribution in [3.05, 3.63) is 41.3 Å². The number of hydrogen-bond donors (Lipinski definition) is 2. The maximum atomic E-state index is 12.7. The number of hydrogen-bond acceptors (Lipinski definition) is 7. The van der Waals surface area contributed by atoms with E-state index in [0.29, 0.717) is 40.5 Å². The molecule has 10 heteroatoms. The maximum absolute atomic E-state index is 12.7. The SMILES string of the molecule is O=C1C(Br)=CC2([N+](=O)[O-])CCNc3c(O)c4c5c(c3C2=C1Br)=NCCC=5C=N4. The molecule has 2 N–H and O–H groups in total. The van der Waals surface area contributed by atoms with Crippen LogP contribution in [0.3, 0.4) is 0 Å². The van der Waals surface area contributed by atoms with Gasteiger partial charge >= 0.3 is 0 Å². The zero-order valence-electron chi connectivity index (χ0n) is 14.3. The molecule has 0 spiro atoms. The van der Waals surface area contributed by atoms with Crippen molar-refractivity contribution >= 4 is 66.4 Å². The molecule has 0 amide bonds. The molecular formula is C18H12Br2N4O4. The number of ketones is 1. The summed E-state index contributed by atoms with van der Waals surface area (Å²) < 4.78 is 0.232. The molecule has 3 aliphatic heterocycles. The van der Waals surface area contributed by atoms with Gasteiger partial charge in [0.25, 0.3) is 5.54 Å². The Bertz CT molecular complexity index is 1230. The van der Waals surface area contributed by atoms with Gasteiger partial charge in [0.05, 0.1) is 25.6 Å². The highest BCUT2D eigenvalue weighted by atomic mass is 79.9. The normalized spacial score (nSPS) is 24.6. The number of fused-ring (bicyclic) bond motifs is 4. The van der Waals surface area contributed by atoms with Gasteiger partial charge in [0.2, 0.25) is 5.78 Å². The molecule has 8 nitrogen and oxygen atoms in total. The van der Waals surface area contributed by atoms with Crippen LogP contribution in [0, 0.1) is 10.1 Å². The van der Waals surface area contributed by atoms with E-state index in [4.69, 9.17) is 0 Å². The van der Waals surface area contributed by atoms with Gasteiger partial charge in [-0.25, -0.2) is 0 Å². The summed E-state index contributed by atoms with van der Waals surface area (Å²) in [5, 5.41) is 27.5. The molecule has 4 aliphatic rings. The quantitative estimate of drug-likeness (QED) is 0.343. The molecule has 1 aliphatic carbocycles. The lowest BCUT2D eigenvalue weighted by atomic mass is 9.78. The number of phenols is 1. The molecule has 142 valence electrons. The molecule has 1 unspecified atom stereocenters. The van der Waals surface area contributed by atoms with E-state index in [1.165, 1.54) is 6.08 Å². The minimum absolute atomic E-state index is 0.0786. The van der Waals surface area contributed by atoms with Crippen LogP contribution in [0.2, 0.25) is 0 Å². The number of Topliss-reactive ketones (excluding diaryl/α,β-unsaturated/α-hetero) is 1. The summed E-state index contributed by atoms with van der Waals surface area (Å²) in [6.07, 6.45) is 3.84. The molecule has 5 rings (SSSR count). The Labute approximate surface area is 174 Å². The molecule has 1 aromatic carbocycles. The van der Waals surface area contributed by atoms with Crippen LogP contribution >= 0.6 is 31.9 Å².